The monoisotopic (exact) mass is 268 g/mol. The lowest BCUT2D eigenvalue weighted by molar-refractivity contribution is 1.03. The zero-order valence-corrected chi connectivity index (χ0v) is 11.0. The van der Waals surface area contributed by atoms with Gasteiger partial charge in [-0.1, -0.05) is 36.6 Å². The first kappa shape index (κ1) is 11.8. The zero-order chi connectivity index (χ0) is 13.1. The molecule has 0 aliphatic carbocycles. The lowest BCUT2D eigenvalue weighted by Gasteiger charge is -2.15. The Morgan fingerprint density at radius 2 is 2.37 bits per heavy atom. The fourth-order valence-electron chi connectivity index (χ4n) is 1.81. The molecule has 0 amide bonds. The van der Waals surface area contributed by atoms with Crippen molar-refractivity contribution >= 4 is 23.5 Å². The number of hydrogen-bond donors (Lipinski definition) is 2. The molecule has 3 aliphatic rings. The SMILES string of the molecule is C=C1NC2=NC=CN/C2=C/CC2=C(N=C=CC=C2)S1. The molecular formula is C14H12N4S. The second-order valence-corrected chi connectivity index (χ2v) is 5.09. The highest BCUT2D eigenvalue weighted by atomic mass is 32.2. The van der Waals surface area contributed by atoms with Crippen molar-refractivity contribution in [1.29, 1.82) is 0 Å². The third kappa shape index (κ3) is 2.62. The number of nitrogens with one attached hydrogen (secondary N) is 2. The van der Waals surface area contributed by atoms with E-state index in [-0.39, 0.29) is 0 Å². The molecule has 3 rings (SSSR count). The summed E-state index contributed by atoms with van der Waals surface area (Å²) in [6.07, 6.45) is 12.2. The van der Waals surface area contributed by atoms with E-state index < -0.39 is 0 Å². The largest absolute Gasteiger partial charge is 0.357 e. The Balaban J connectivity index is 2.00. The van der Waals surface area contributed by atoms with Gasteiger partial charge in [-0.15, -0.1) is 0 Å². The van der Waals surface area contributed by atoms with Gasteiger partial charge >= 0.3 is 0 Å². The van der Waals surface area contributed by atoms with Crippen LogP contribution in [0.2, 0.25) is 0 Å². The van der Waals surface area contributed by atoms with Gasteiger partial charge in [0.25, 0.3) is 0 Å². The van der Waals surface area contributed by atoms with Crippen molar-refractivity contribution < 1.29 is 0 Å². The van der Waals surface area contributed by atoms with Crippen molar-refractivity contribution in [3.8, 4) is 0 Å². The lowest BCUT2D eigenvalue weighted by atomic mass is 10.1. The minimum absolute atomic E-state index is 0.779. The van der Waals surface area contributed by atoms with E-state index in [4.69, 9.17) is 0 Å². The van der Waals surface area contributed by atoms with E-state index in [1.807, 2.05) is 12.3 Å². The maximum atomic E-state index is 4.32. The number of thioether (sulfide) groups is 1. The van der Waals surface area contributed by atoms with Gasteiger partial charge in [-0.2, -0.15) is 4.99 Å². The second kappa shape index (κ2) is 5.18. The summed E-state index contributed by atoms with van der Waals surface area (Å²) in [5.41, 5.74) is 2.09. The highest BCUT2D eigenvalue weighted by Crippen LogP contribution is 2.31. The highest BCUT2D eigenvalue weighted by molar-refractivity contribution is 8.06. The van der Waals surface area contributed by atoms with Crippen molar-refractivity contribution in [3.63, 3.8) is 0 Å². The quantitative estimate of drug-likeness (QED) is 0.710. The molecule has 0 saturated carbocycles. The van der Waals surface area contributed by atoms with Gasteiger partial charge < -0.3 is 10.6 Å². The fraction of sp³-hybridized carbons (Fsp3) is 0.0714. The molecule has 0 bridgehead atoms. The number of aliphatic imine (C=N–C) groups is 2. The summed E-state index contributed by atoms with van der Waals surface area (Å²) >= 11 is 1.49. The molecule has 0 atom stereocenters. The summed E-state index contributed by atoms with van der Waals surface area (Å²) in [6.45, 7) is 4.01. The van der Waals surface area contributed by atoms with Gasteiger partial charge in [-0.25, -0.2) is 4.99 Å². The van der Waals surface area contributed by atoms with Crippen molar-refractivity contribution in [3.05, 3.63) is 64.6 Å². The number of fused-ring (bicyclic) bond motifs is 1. The third-order valence-corrected chi connectivity index (χ3v) is 3.58. The Morgan fingerprint density at radius 1 is 1.42 bits per heavy atom. The fourth-order valence-corrected chi connectivity index (χ4v) is 2.57. The maximum Gasteiger partial charge on any atom is 0.154 e. The predicted molar refractivity (Wildman–Crippen MR) is 80.4 cm³/mol. The summed E-state index contributed by atoms with van der Waals surface area (Å²) in [4.78, 5) is 8.64. The van der Waals surface area contributed by atoms with Crippen molar-refractivity contribution in [2.24, 2.45) is 9.98 Å². The molecule has 0 unspecified atom stereocenters. The number of hydrogen-bond acceptors (Lipinski definition) is 5. The molecule has 0 radical (unpaired) electrons. The summed E-state index contributed by atoms with van der Waals surface area (Å²) in [7, 11) is 0. The van der Waals surface area contributed by atoms with Crippen molar-refractivity contribution in [2.75, 3.05) is 0 Å². The van der Waals surface area contributed by atoms with Gasteiger partial charge in [0, 0.05) is 12.4 Å². The van der Waals surface area contributed by atoms with Crippen LogP contribution in [0.5, 0.6) is 0 Å². The highest BCUT2D eigenvalue weighted by Gasteiger charge is 2.15. The number of nitrogens with zero attached hydrogens (tertiary/aromatic N) is 2. The Morgan fingerprint density at radius 3 is 3.32 bits per heavy atom. The molecule has 0 aromatic heterocycles. The van der Waals surface area contributed by atoms with E-state index in [1.54, 1.807) is 12.3 Å². The molecule has 0 fully saturated rings. The van der Waals surface area contributed by atoms with Crippen LogP contribution in [-0.4, -0.2) is 11.7 Å². The predicted octanol–water partition coefficient (Wildman–Crippen LogP) is 2.55. The normalized spacial score (nSPS) is 23.7. The number of amidine groups is 1. The van der Waals surface area contributed by atoms with Crippen LogP contribution in [0, 0.1) is 0 Å². The molecule has 19 heavy (non-hydrogen) atoms. The first-order chi connectivity index (χ1) is 9.33. The van der Waals surface area contributed by atoms with E-state index in [0.717, 1.165) is 33.6 Å². The first-order valence-corrected chi connectivity index (χ1v) is 6.67. The second-order valence-electron chi connectivity index (χ2n) is 4.01. The smallest absolute Gasteiger partial charge is 0.154 e. The van der Waals surface area contributed by atoms with Crippen LogP contribution in [0.1, 0.15) is 6.42 Å². The van der Waals surface area contributed by atoms with Crippen LogP contribution >= 0.6 is 11.8 Å². The molecule has 3 aliphatic heterocycles. The number of allylic oxidation sites excluding steroid dienone is 5. The van der Waals surface area contributed by atoms with Crippen molar-refractivity contribution in [1.82, 2.24) is 10.6 Å². The van der Waals surface area contributed by atoms with E-state index in [9.17, 15) is 0 Å². The van der Waals surface area contributed by atoms with E-state index >= 15 is 0 Å². The molecular weight excluding hydrogens is 256 g/mol. The van der Waals surface area contributed by atoms with Crippen LogP contribution in [0.4, 0.5) is 0 Å². The molecule has 0 saturated heterocycles. The lowest BCUT2D eigenvalue weighted by Crippen LogP contribution is -2.30. The summed E-state index contributed by atoms with van der Waals surface area (Å²) in [5.74, 6) is 3.66. The standard InChI is InChI=1S/C14H12N4S/c1-10-18-13-12(15-8-9-16-13)6-5-11-4-2-3-7-17-14(11)19-10/h2-4,6,8-9,15H,1,5H2,(H,16,18)/b12-6+. The van der Waals surface area contributed by atoms with Crippen LogP contribution < -0.4 is 10.6 Å². The Bertz CT molecular complexity index is 640. The molecule has 0 aromatic carbocycles. The van der Waals surface area contributed by atoms with Crippen LogP contribution in [0.15, 0.2) is 74.6 Å². The van der Waals surface area contributed by atoms with Gasteiger partial charge in [0.2, 0.25) is 0 Å². The van der Waals surface area contributed by atoms with Gasteiger partial charge in [0.15, 0.2) is 5.84 Å². The Labute approximate surface area is 115 Å². The average molecular weight is 268 g/mol. The van der Waals surface area contributed by atoms with Gasteiger partial charge in [-0.05, 0) is 23.9 Å². The van der Waals surface area contributed by atoms with Crippen LogP contribution in [-0.2, 0) is 0 Å². The maximum absolute atomic E-state index is 4.32. The number of rotatable bonds is 0. The molecule has 2 N–H and O–H groups in total. The van der Waals surface area contributed by atoms with E-state index in [2.05, 4.69) is 45.2 Å². The third-order valence-electron chi connectivity index (χ3n) is 2.68. The minimum Gasteiger partial charge on any atom is -0.357 e. The summed E-state index contributed by atoms with van der Waals surface area (Å²) in [6, 6.07) is 0. The van der Waals surface area contributed by atoms with Crippen LogP contribution in [0.25, 0.3) is 0 Å². The first-order valence-electron chi connectivity index (χ1n) is 5.86. The Kier molecular flexibility index (Phi) is 3.23. The topological polar surface area (TPSA) is 48.8 Å². The minimum atomic E-state index is 0.779. The Hall–Kier alpha value is -2.23. The molecule has 5 heteroatoms. The van der Waals surface area contributed by atoms with E-state index in [1.165, 1.54) is 11.8 Å². The molecule has 0 spiro atoms. The molecule has 4 nitrogen and oxygen atoms in total. The van der Waals surface area contributed by atoms with E-state index in [0.29, 0.717) is 0 Å². The van der Waals surface area contributed by atoms with Crippen LogP contribution in [0.3, 0.4) is 0 Å². The van der Waals surface area contributed by atoms with Gasteiger partial charge in [-0.3, -0.25) is 0 Å². The summed E-state index contributed by atoms with van der Waals surface area (Å²) in [5, 5.41) is 8.08. The molecule has 94 valence electrons. The average Bonchev–Trinajstić information content (AvgIpc) is 2.59. The van der Waals surface area contributed by atoms with Crippen molar-refractivity contribution in [2.45, 2.75) is 6.42 Å². The van der Waals surface area contributed by atoms with Gasteiger partial charge in [0.05, 0.1) is 10.7 Å². The zero-order valence-electron chi connectivity index (χ0n) is 10.2. The molecule has 0 aromatic rings. The molecule has 3 heterocycles. The summed E-state index contributed by atoms with van der Waals surface area (Å²) < 4.78 is 0. The van der Waals surface area contributed by atoms with Gasteiger partial charge in [0.1, 0.15) is 5.03 Å².